The van der Waals surface area contributed by atoms with Crippen LogP contribution in [0.4, 0.5) is 0 Å². The Kier molecular flexibility index (Phi) is 11.1. The molecule has 0 aromatic carbocycles. The van der Waals surface area contributed by atoms with Gasteiger partial charge in [0.1, 0.15) is 0 Å². The molecular weight excluding hydrogens is 274 g/mol. The molecule has 116 valence electrons. The van der Waals surface area contributed by atoms with Crippen LogP contribution in [0.2, 0.25) is 12.6 Å². The summed E-state index contributed by atoms with van der Waals surface area (Å²) in [5.74, 6) is 0. The molecule has 1 aliphatic rings. The summed E-state index contributed by atoms with van der Waals surface area (Å²) in [6.45, 7) is 10.0. The van der Waals surface area contributed by atoms with Gasteiger partial charge in [-0.3, -0.25) is 4.90 Å². The minimum Gasteiger partial charge on any atom is -0.398 e. The van der Waals surface area contributed by atoms with E-state index in [0.29, 0.717) is 0 Å². The number of hydrogen-bond donors (Lipinski definition) is 2. The summed E-state index contributed by atoms with van der Waals surface area (Å²) in [5, 5.41) is 6.87. The van der Waals surface area contributed by atoms with Gasteiger partial charge in [0, 0.05) is 53.5 Å². The van der Waals surface area contributed by atoms with E-state index < -0.39 is 8.56 Å². The highest BCUT2D eigenvalue weighted by atomic mass is 28.4. The molecule has 5 nitrogen and oxygen atoms in total. The van der Waals surface area contributed by atoms with Gasteiger partial charge in [-0.25, -0.2) is 0 Å². The van der Waals surface area contributed by atoms with E-state index in [4.69, 9.17) is 8.85 Å². The predicted octanol–water partition coefficient (Wildman–Crippen LogP) is -1.22. The standard InChI is InChI=1S/C12H29N3O2Si.H4Si/c1-16-18(3,17-2)12-4-5-13-6-9-15-10-7-14-8-11-15;/h13-14H,4-12H2,1-3H3;1H4. The summed E-state index contributed by atoms with van der Waals surface area (Å²) in [5.41, 5.74) is 0. The molecule has 2 N–H and O–H groups in total. The maximum Gasteiger partial charge on any atom is 0.334 e. The molecule has 0 aromatic rings. The van der Waals surface area contributed by atoms with Crippen molar-refractivity contribution in [1.82, 2.24) is 15.5 Å². The van der Waals surface area contributed by atoms with E-state index in [0.717, 1.165) is 45.2 Å². The third-order valence-electron chi connectivity index (χ3n) is 3.66. The van der Waals surface area contributed by atoms with Crippen molar-refractivity contribution in [2.24, 2.45) is 0 Å². The monoisotopic (exact) mass is 307 g/mol. The number of nitrogens with zero attached hydrogens (tertiary/aromatic N) is 1. The van der Waals surface area contributed by atoms with Gasteiger partial charge < -0.3 is 19.5 Å². The Morgan fingerprint density at radius 3 is 2.37 bits per heavy atom. The van der Waals surface area contributed by atoms with Crippen molar-refractivity contribution < 1.29 is 8.85 Å². The summed E-state index contributed by atoms with van der Waals surface area (Å²) in [6.07, 6.45) is 1.13. The Bertz CT molecular complexity index is 213. The van der Waals surface area contributed by atoms with Crippen molar-refractivity contribution >= 4 is 19.5 Å². The van der Waals surface area contributed by atoms with Crippen LogP contribution in [-0.2, 0) is 8.85 Å². The maximum atomic E-state index is 5.46. The molecule has 0 atom stereocenters. The highest BCUT2D eigenvalue weighted by molar-refractivity contribution is 6.65. The predicted molar refractivity (Wildman–Crippen MR) is 88.6 cm³/mol. The molecule has 0 aromatic heterocycles. The van der Waals surface area contributed by atoms with Crippen molar-refractivity contribution in [2.45, 2.75) is 19.0 Å². The molecule has 1 saturated heterocycles. The van der Waals surface area contributed by atoms with E-state index in [9.17, 15) is 0 Å². The fourth-order valence-electron chi connectivity index (χ4n) is 2.12. The van der Waals surface area contributed by atoms with Crippen molar-refractivity contribution in [3.8, 4) is 0 Å². The van der Waals surface area contributed by atoms with Crippen LogP contribution in [0, 0.1) is 0 Å². The molecule has 7 heteroatoms. The minimum atomic E-state index is -1.85. The second kappa shape index (κ2) is 11.0. The number of nitrogens with one attached hydrogen (secondary N) is 2. The van der Waals surface area contributed by atoms with Gasteiger partial charge in [0.25, 0.3) is 0 Å². The average Bonchev–Trinajstić information content (AvgIpc) is 2.43. The summed E-state index contributed by atoms with van der Waals surface area (Å²) in [4.78, 5) is 2.51. The SMILES string of the molecule is CO[Si](C)(CCCNCCN1CCNCC1)OC.[SiH4]. The van der Waals surface area contributed by atoms with E-state index in [1.54, 1.807) is 14.2 Å². The second-order valence-corrected chi connectivity index (χ2v) is 8.57. The van der Waals surface area contributed by atoms with E-state index in [-0.39, 0.29) is 11.0 Å². The van der Waals surface area contributed by atoms with Gasteiger partial charge in [-0.1, -0.05) is 0 Å². The highest BCUT2D eigenvalue weighted by Gasteiger charge is 2.27. The molecule has 0 radical (unpaired) electrons. The minimum absolute atomic E-state index is 0. The first-order valence-corrected chi connectivity index (χ1v) is 9.46. The zero-order chi connectivity index (χ0) is 13.3. The first kappa shape index (κ1) is 19.2. The molecule has 1 rings (SSSR count). The van der Waals surface area contributed by atoms with Gasteiger partial charge in [0.2, 0.25) is 0 Å². The smallest absolute Gasteiger partial charge is 0.334 e. The van der Waals surface area contributed by atoms with Crippen molar-refractivity contribution in [2.75, 3.05) is 60.0 Å². The summed E-state index contributed by atoms with van der Waals surface area (Å²) in [6, 6.07) is 1.06. The Balaban J connectivity index is 0.00000324. The van der Waals surface area contributed by atoms with Gasteiger partial charge in [-0.05, 0) is 36.5 Å². The fraction of sp³-hybridized carbons (Fsp3) is 1.00. The normalized spacial score (nSPS) is 17.2. The lowest BCUT2D eigenvalue weighted by molar-refractivity contribution is 0.239. The van der Waals surface area contributed by atoms with Crippen LogP contribution >= 0.6 is 0 Å². The van der Waals surface area contributed by atoms with Crippen LogP contribution in [-0.4, -0.2) is 84.5 Å². The van der Waals surface area contributed by atoms with E-state index in [2.05, 4.69) is 22.1 Å². The molecule has 1 fully saturated rings. The van der Waals surface area contributed by atoms with Gasteiger partial charge >= 0.3 is 8.56 Å². The highest BCUT2D eigenvalue weighted by Crippen LogP contribution is 2.12. The van der Waals surface area contributed by atoms with Crippen LogP contribution < -0.4 is 10.6 Å². The third kappa shape index (κ3) is 8.18. The Hall–Kier alpha value is 0.234. The Morgan fingerprint density at radius 2 is 1.79 bits per heavy atom. The number of rotatable bonds is 9. The maximum absolute atomic E-state index is 5.46. The van der Waals surface area contributed by atoms with Gasteiger partial charge in [0.15, 0.2) is 0 Å². The molecule has 0 saturated carbocycles. The largest absolute Gasteiger partial charge is 0.398 e. The molecule has 0 unspecified atom stereocenters. The molecule has 1 heterocycles. The van der Waals surface area contributed by atoms with Gasteiger partial charge in [0.05, 0.1) is 0 Å². The third-order valence-corrected chi connectivity index (χ3v) is 6.65. The van der Waals surface area contributed by atoms with Crippen LogP contribution in [0.25, 0.3) is 0 Å². The molecule has 0 bridgehead atoms. The molecule has 19 heavy (non-hydrogen) atoms. The van der Waals surface area contributed by atoms with Crippen LogP contribution in [0.5, 0.6) is 0 Å². The van der Waals surface area contributed by atoms with E-state index in [1.807, 2.05) is 0 Å². The first-order valence-electron chi connectivity index (χ1n) is 6.94. The van der Waals surface area contributed by atoms with Gasteiger partial charge in [-0.15, -0.1) is 0 Å². The first-order chi connectivity index (χ1) is 8.70. The summed E-state index contributed by atoms with van der Waals surface area (Å²) >= 11 is 0. The molecule has 0 spiro atoms. The topological polar surface area (TPSA) is 45.8 Å². The van der Waals surface area contributed by atoms with E-state index >= 15 is 0 Å². The van der Waals surface area contributed by atoms with Crippen LogP contribution in [0.3, 0.4) is 0 Å². The molecule has 0 amide bonds. The zero-order valence-electron chi connectivity index (χ0n) is 12.1. The molecular formula is C12H33N3O2Si2. The average molecular weight is 308 g/mol. The lowest BCUT2D eigenvalue weighted by atomic mass is 10.3. The quantitative estimate of drug-likeness (QED) is 0.413. The van der Waals surface area contributed by atoms with Crippen LogP contribution in [0.15, 0.2) is 0 Å². The van der Waals surface area contributed by atoms with Gasteiger partial charge in [-0.2, -0.15) is 0 Å². The lowest BCUT2D eigenvalue weighted by Crippen LogP contribution is -2.45. The molecule has 0 aliphatic carbocycles. The zero-order valence-corrected chi connectivity index (χ0v) is 13.1. The Labute approximate surface area is 123 Å². The summed E-state index contributed by atoms with van der Waals surface area (Å²) < 4.78 is 10.9. The van der Waals surface area contributed by atoms with E-state index in [1.165, 1.54) is 13.1 Å². The number of hydrogen-bond acceptors (Lipinski definition) is 5. The number of piperazine rings is 1. The van der Waals surface area contributed by atoms with Crippen molar-refractivity contribution in [3.05, 3.63) is 0 Å². The Morgan fingerprint density at radius 1 is 1.16 bits per heavy atom. The molecule has 1 aliphatic heterocycles. The second-order valence-electron chi connectivity index (χ2n) is 4.99. The summed E-state index contributed by atoms with van der Waals surface area (Å²) in [7, 11) is 1.67. The lowest BCUT2D eigenvalue weighted by Gasteiger charge is -2.27. The fourth-order valence-corrected chi connectivity index (χ4v) is 3.51. The van der Waals surface area contributed by atoms with Crippen LogP contribution in [0.1, 0.15) is 6.42 Å². The van der Waals surface area contributed by atoms with Crippen molar-refractivity contribution in [3.63, 3.8) is 0 Å². The van der Waals surface area contributed by atoms with Crippen molar-refractivity contribution in [1.29, 1.82) is 0 Å².